The summed E-state index contributed by atoms with van der Waals surface area (Å²) in [6, 6.07) is 21.1. The lowest BCUT2D eigenvalue weighted by molar-refractivity contribution is -0.0512. The van der Waals surface area contributed by atoms with Crippen LogP contribution in [0.5, 0.6) is 17.2 Å². The lowest BCUT2D eigenvalue weighted by Gasteiger charge is -2.12. The number of rotatable bonds is 9. The molecule has 1 amide bonds. The number of alkyl halides is 2. The summed E-state index contributed by atoms with van der Waals surface area (Å²) >= 11 is 0. The van der Waals surface area contributed by atoms with Crippen molar-refractivity contribution in [2.75, 3.05) is 7.11 Å². The first kappa shape index (κ1) is 21.1. The van der Waals surface area contributed by atoms with Gasteiger partial charge in [0.15, 0.2) is 11.5 Å². The number of methoxy groups -OCH3 is 1. The summed E-state index contributed by atoms with van der Waals surface area (Å²) in [5.41, 5.74) is 2.22. The molecule has 0 aliphatic rings. The number of carbonyl (C=O) groups excluding carboxylic acids is 1. The third kappa shape index (κ3) is 5.94. The SMILES string of the molecule is COc1cc(CNC(=O)c2ccc(OCc3ccccc3)cc2)ccc1OC(F)F. The number of carbonyl (C=O) groups is 1. The van der Waals surface area contributed by atoms with Crippen LogP contribution in [-0.4, -0.2) is 19.6 Å². The molecule has 0 saturated heterocycles. The van der Waals surface area contributed by atoms with Gasteiger partial charge in [0.25, 0.3) is 5.91 Å². The normalized spacial score (nSPS) is 10.5. The molecule has 0 bridgehead atoms. The van der Waals surface area contributed by atoms with Crippen LogP contribution in [-0.2, 0) is 13.2 Å². The molecular formula is C23H21F2NO4. The molecule has 0 aliphatic carbocycles. The summed E-state index contributed by atoms with van der Waals surface area (Å²) in [5, 5.41) is 2.78. The van der Waals surface area contributed by atoms with Crippen LogP contribution in [0.25, 0.3) is 0 Å². The number of hydrogen-bond donors (Lipinski definition) is 1. The van der Waals surface area contributed by atoms with Gasteiger partial charge in [0, 0.05) is 12.1 Å². The minimum atomic E-state index is -2.94. The van der Waals surface area contributed by atoms with E-state index < -0.39 is 6.61 Å². The summed E-state index contributed by atoms with van der Waals surface area (Å²) in [7, 11) is 1.36. The molecule has 0 unspecified atom stereocenters. The first-order valence-corrected chi connectivity index (χ1v) is 9.22. The fourth-order valence-corrected chi connectivity index (χ4v) is 2.74. The van der Waals surface area contributed by atoms with Gasteiger partial charge in [0.05, 0.1) is 7.11 Å². The monoisotopic (exact) mass is 413 g/mol. The van der Waals surface area contributed by atoms with Crippen molar-refractivity contribution in [1.29, 1.82) is 0 Å². The molecule has 3 aromatic rings. The van der Waals surface area contributed by atoms with Gasteiger partial charge in [-0.3, -0.25) is 4.79 Å². The van der Waals surface area contributed by atoms with Gasteiger partial charge in [-0.25, -0.2) is 0 Å². The average molecular weight is 413 g/mol. The van der Waals surface area contributed by atoms with Crippen LogP contribution in [0.4, 0.5) is 8.78 Å². The van der Waals surface area contributed by atoms with E-state index in [1.54, 1.807) is 36.4 Å². The zero-order valence-corrected chi connectivity index (χ0v) is 16.3. The van der Waals surface area contributed by atoms with Crippen molar-refractivity contribution in [3.63, 3.8) is 0 Å². The number of halogens is 2. The number of hydrogen-bond acceptors (Lipinski definition) is 4. The molecule has 0 fully saturated rings. The van der Waals surface area contributed by atoms with Crippen LogP contribution >= 0.6 is 0 Å². The predicted molar refractivity (Wildman–Crippen MR) is 108 cm³/mol. The Morgan fingerprint density at radius 3 is 2.33 bits per heavy atom. The minimum absolute atomic E-state index is 0.0614. The maximum Gasteiger partial charge on any atom is 0.387 e. The molecular weight excluding hydrogens is 392 g/mol. The molecule has 156 valence electrons. The number of nitrogens with one attached hydrogen (secondary N) is 1. The van der Waals surface area contributed by atoms with Crippen LogP contribution in [0.1, 0.15) is 21.5 Å². The Hall–Kier alpha value is -3.61. The topological polar surface area (TPSA) is 56.8 Å². The van der Waals surface area contributed by atoms with E-state index in [4.69, 9.17) is 9.47 Å². The lowest BCUT2D eigenvalue weighted by Crippen LogP contribution is -2.22. The summed E-state index contributed by atoms with van der Waals surface area (Å²) in [6.45, 7) is -2.29. The molecule has 0 spiro atoms. The van der Waals surface area contributed by atoms with Crippen molar-refractivity contribution in [2.45, 2.75) is 19.8 Å². The van der Waals surface area contributed by atoms with Crippen molar-refractivity contribution in [3.05, 3.63) is 89.5 Å². The maximum atomic E-state index is 12.4. The zero-order valence-electron chi connectivity index (χ0n) is 16.3. The van der Waals surface area contributed by atoms with Crippen molar-refractivity contribution in [1.82, 2.24) is 5.32 Å². The Morgan fingerprint density at radius 1 is 0.933 bits per heavy atom. The molecule has 0 heterocycles. The number of ether oxygens (including phenoxy) is 3. The van der Waals surface area contributed by atoms with E-state index in [-0.39, 0.29) is 24.0 Å². The van der Waals surface area contributed by atoms with E-state index in [0.29, 0.717) is 23.5 Å². The molecule has 1 N–H and O–H groups in total. The zero-order chi connectivity index (χ0) is 21.3. The number of benzene rings is 3. The summed E-state index contributed by atoms with van der Waals surface area (Å²) in [6.07, 6.45) is 0. The predicted octanol–water partition coefficient (Wildman–Crippen LogP) is 4.81. The van der Waals surface area contributed by atoms with E-state index >= 15 is 0 Å². The van der Waals surface area contributed by atoms with Gasteiger partial charge in [0.1, 0.15) is 12.4 Å². The van der Waals surface area contributed by atoms with E-state index in [9.17, 15) is 13.6 Å². The Balaban J connectivity index is 1.54. The third-order valence-corrected chi connectivity index (χ3v) is 4.26. The number of amides is 1. The Kier molecular flexibility index (Phi) is 7.21. The molecule has 3 rings (SSSR count). The smallest absolute Gasteiger partial charge is 0.387 e. The summed E-state index contributed by atoms with van der Waals surface area (Å²) in [5.74, 6) is 0.502. The highest BCUT2D eigenvalue weighted by atomic mass is 19.3. The molecule has 0 aliphatic heterocycles. The highest BCUT2D eigenvalue weighted by molar-refractivity contribution is 5.94. The fourth-order valence-electron chi connectivity index (χ4n) is 2.74. The van der Waals surface area contributed by atoms with Gasteiger partial charge in [-0.05, 0) is 47.5 Å². The van der Waals surface area contributed by atoms with Crippen LogP contribution < -0.4 is 19.5 Å². The van der Waals surface area contributed by atoms with Crippen LogP contribution in [0.15, 0.2) is 72.8 Å². The maximum absolute atomic E-state index is 12.4. The molecule has 0 saturated carbocycles. The third-order valence-electron chi connectivity index (χ3n) is 4.26. The quantitative estimate of drug-likeness (QED) is 0.547. The van der Waals surface area contributed by atoms with E-state index in [1.165, 1.54) is 13.2 Å². The highest BCUT2D eigenvalue weighted by Crippen LogP contribution is 2.29. The van der Waals surface area contributed by atoms with Gasteiger partial charge < -0.3 is 19.5 Å². The van der Waals surface area contributed by atoms with Gasteiger partial charge in [-0.1, -0.05) is 36.4 Å². The van der Waals surface area contributed by atoms with E-state index in [0.717, 1.165) is 5.56 Å². The first-order valence-electron chi connectivity index (χ1n) is 9.22. The Morgan fingerprint density at radius 2 is 1.67 bits per heavy atom. The van der Waals surface area contributed by atoms with Crippen molar-refractivity contribution < 1.29 is 27.8 Å². The Labute approximate surface area is 173 Å². The van der Waals surface area contributed by atoms with Gasteiger partial charge in [-0.15, -0.1) is 0 Å². The highest BCUT2D eigenvalue weighted by Gasteiger charge is 2.12. The van der Waals surface area contributed by atoms with E-state index in [1.807, 2.05) is 30.3 Å². The second kappa shape index (κ2) is 10.2. The van der Waals surface area contributed by atoms with Crippen molar-refractivity contribution >= 4 is 5.91 Å². The minimum Gasteiger partial charge on any atom is -0.493 e. The van der Waals surface area contributed by atoms with Crippen molar-refractivity contribution in [3.8, 4) is 17.2 Å². The van der Waals surface area contributed by atoms with Crippen LogP contribution in [0.3, 0.4) is 0 Å². The molecule has 0 aromatic heterocycles. The largest absolute Gasteiger partial charge is 0.493 e. The van der Waals surface area contributed by atoms with E-state index in [2.05, 4.69) is 10.1 Å². The van der Waals surface area contributed by atoms with Crippen LogP contribution in [0.2, 0.25) is 0 Å². The van der Waals surface area contributed by atoms with Gasteiger partial charge >= 0.3 is 6.61 Å². The lowest BCUT2D eigenvalue weighted by atomic mass is 10.1. The van der Waals surface area contributed by atoms with Crippen molar-refractivity contribution in [2.24, 2.45) is 0 Å². The summed E-state index contributed by atoms with van der Waals surface area (Å²) < 4.78 is 40.0. The fraction of sp³-hybridized carbons (Fsp3) is 0.174. The molecule has 5 nitrogen and oxygen atoms in total. The van der Waals surface area contributed by atoms with Gasteiger partial charge in [-0.2, -0.15) is 8.78 Å². The first-order chi connectivity index (χ1) is 14.5. The molecule has 30 heavy (non-hydrogen) atoms. The molecule has 0 radical (unpaired) electrons. The standard InChI is InChI=1S/C23H21F2NO4/c1-28-21-13-17(7-12-20(21)30-23(24)25)14-26-22(27)18-8-10-19(11-9-18)29-15-16-5-3-2-4-6-16/h2-13,23H,14-15H2,1H3,(H,26,27). The van der Waals surface area contributed by atoms with Crippen LogP contribution in [0, 0.1) is 0 Å². The summed E-state index contributed by atoms with van der Waals surface area (Å²) in [4.78, 5) is 12.4. The molecule has 7 heteroatoms. The molecule has 3 aromatic carbocycles. The Bertz CT molecular complexity index is 963. The van der Waals surface area contributed by atoms with Gasteiger partial charge in [0.2, 0.25) is 0 Å². The average Bonchev–Trinajstić information content (AvgIpc) is 2.77. The second-order valence-electron chi connectivity index (χ2n) is 6.35. The molecule has 0 atom stereocenters. The second-order valence-corrected chi connectivity index (χ2v) is 6.35.